The average molecular weight is 256 g/mol. The summed E-state index contributed by atoms with van der Waals surface area (Å²) in [6.07, 6.45) is 0. The van der Waals surface area contributed by atoms with Crippen LogP contribution in [0.1, 0.15) is 27.7 Å². The van der Waals surface area contributed by atoms with E-state index in [1.54, 1.807) is 0 Å². The highest BCUT2D eigenvalue weighted by molar-refractivity contribution is 9.12. The molecule has 0 saturated heterocycles. The molecule has 0 atom stereocenters. The summed E-state index contributed by atoms with van der Waals surface area (Å²) in [5.74, 6) is 0. The van der Waals surface area contributed by atoms with E-state index in [1.807, 2.05) is 0 Å². The van der Waals surface area contributed by atoms with Crippen LogP contribution in [0, 0.1) is 0 Å². The summed E-state index contributed by atoms with van der Waals surface area (Å²) < 4.78 is 1.02. The molecule has 0 saturated carbocycles. The zero-order valence-corrected chi connectivity index (χ0v) is 11.0. The molecule has 0 heterocycles. The molecule has 0 nitrogen and oxygen atoms in total. The lowest BCUT2D eigenvalue weighted by Gasteiger charge is -2.31. The van der Waals surface area contributed by atoms with Crippen molar-refractivity contribution >= 4 is 34.4 Å². The third kappa shape index (κ3) is 2.33. The Hall–Kier alpha value is 0.727. The molecule has 0 unspecified atom stereocenters. The summed E-state index contributed by atoms with van der Waals surface area (Å²) in [6.45, 7) is 12.6. The monoisotopic (exact) mass is 254 g/mol. The van der Waals surface area contributed by atoms with E-state index in [4.69, 9.17) is 11.1 Å². The molecular formula is C8H16BrClSi. The Morgan fingerprint density at radius 2 is 1.55 bits per heavy atom. The van der Waals surface area contributed by atoms with E-state index < -0.39 is 7.38 Å². The first-order valence-corrected chi connectivity index (χ1v) is 7.83. The molecule has 0 aliphatic carbocycles. The summed E-state index contributed by atoms with van der Waals surface area (Å²) in [5, 5.41) is 0. The minimum absolute atomic E-state index is 0.538. The fourth-order valence-corrected chi connectivity index (χ4v) is 6.63. The van der Waals surface area contributed by atoms with Crippen molar-refractivity contribution in [2.45, 2.75) is 38.8 Å². The van der Waals surface area contributed by atoms with Gasteiger partial charge < -0.3 is 0 Å². The molecule has 11 heavy (non-hydrogen) atoms. The largest absolute Gasteiger partial charge is 0.198 e. The van der Waals surface area contributed by atoms with Crippen molar-refractivity contribution in [2.24, 2.45) is 0 Å². The van der Waals surface area contributed by atoms with Crippen LogP contribution in [0.2, 0.25) is 11.1 Å². The first kappa shape index (κ1) is 11.7. The average Bonchev–Trinajstić information content (AvgIpc) is 1.84. The maximum atomic E-state index is 6.54. The predicted molar refractivity (Wildman–Crippen MR) is 59.9 cm³/mol. The highest BCUT2D eigenvalue weighted by atomic mass is 79.9. The van der Waals surface area contributed by atoms with Gasteiger partial charge in [-0.2, -0.15) is 11.1 Å². The van der Waals surface area contributed by atoms with Gasteiger partial charge in [0.05, 0.1) is 0 Å². The van der Waals surface area contributed by atoms with E-state index in [-0.39, 0.29) is 0 Å². The highest BCUT2D eigenvalue weighted by Gasteiger charge is 2.40. The molecule has 0 aromatic carbocycles. The van der Waals surface area contributed by atoms with Crippen LogP contribution in [0.4, 0.5) is 0 Å². The van der Waals surface area contributed by atoms with Crippen LogP contribution in [-0.4, -0.2) is 7.38 Å². The molecule has 0 radical (unpaired) electrons. The number of halogens is 2. The standard InChI is InChI=1S/C8H16BrClSi/c1-6(2)11(10,7(3)4)8(5)9/h6-7H,5H2,1-4H3. The molecule has 66 valence electrons. The van der Waals surface area contributed by atoms with Gasteiger partial charge in [-0.25, -0.2) is 0 Å². The fourth-order valence-electron chi connectivity index (χ4n) is 1.29. The van der Waals surface area contributed by atoms with Gasteiger partial charge >= 0.3 is 0 Å². The van der Waals surface area contributed by atoms with E-state index in [9.17, 15) is 0 Å². The minimum atomic E-state index is -1.79. The molecular weight excluding hydrogens is 240 g/mol. The fraction of sp³-hybridized carbons (Fsp3) is 0.750. The molecule has 0 fully saturated rings. The van der Waals surface area contributed by atoms with Crippen molar-refractivity contribution in [2.75, 3.05) is 0 Å². The van der Waals surface area contributed by atoms with Crippen LogP contribution < -0.4 is 0 Å². The topological polar surface area (TPSA) is 0 Å². The van der Waals surface area contributed by atoms with Gasteiger partial charge in [0, 0.05) is 0 Å². The molecule has 0 bridgehead atoms. The lowest BCUT2D eigenvalue weighted by molar-refractivity contribution is 0.938. The highest BCUT2D eigenvalue weighted by Crippen LogP contribution is 2.42. The summed E-state index contributed by atoms with van der Waals surface area (Å²) in [6, 6.07) is 0. The van der Waals surface area contributed by atoms with Crippen LogP contribution in [0.5, 0.6) is 0 Å². The molecule has 0 N–H and O–H groups in total. The zero-order valence-electron chi connectivity index (χ0n) is 7.62. The van der Waals surface area contributed by atoms with Gasteiger partial charge in [0.2, 0.25) is 0 Å². The lowest BCUT2D eigenvalue weighted by atomic mass is 10.5. The Bertz CT molecular complexity index is 146. The van der Waals surface area contributed by atoms with Crippen LogP contribution in [-0.2, 0) is 0 Å². The molecule has 0 aromatic heterocycles. The minimum Gasteiger partial charge on any atom is -0.160 e. The smallest absolute Gasteiger partial charge is 0.160 e. The van der Waals surface area contributed by atoms with Gasteiger partial charge in [0.15, 0.2) is 7.38 Å². The third-order valence-corrected chi connectivity index (χ3v) is 12.2. The van der Waals surface area contributed by atoms with Gasteiger partial charge in [-0.15, -0.1) is 0 Å². The lowest BCUT2D eigenvalue weighted by Crippen LogP contribution is -2.35. The van der Waals surface area contributed by atoms with Crippen molar-refractivity contribution < 1.29 is 0 Å². The molecule has 0 aromatic rings. The van der Waals surface area contributed by atoms with E-state index >= 15 is 0 Å². The summed E-state index contributed by atoms with van der Waals surface area (Å²) in [7, 11) is -1.79. The van der Waals surface area contributed by atoms with E-state index in [2.05, 4.69) is 50.2 Å². The Morgan fingerprint density at radius 3 is 1.55 bits per heavy atom. The van der Waals surface area contributed by atoms with E-state index in [1.165, 1.54) is 0 Å². The predicted octanol–water partition coefficient (Wildman–Crippen LogP) is 4.44. The molecule has 3 heteroatoms. The molecule has 0 aliphatic rings. The quantitative estimate of drug-likeness (QED) is 0.517. The van der Waals surface area contributed by atoms with Crippen molar-refractivity contribution in [1.82, 2.24) is 0 Å². The van der Waals surface area contributed by atoms with Crippen LogP contribution in [0.25, 0.3) is 0 Å². The molecule has 0 rings (SSSR count). The SMILES string of the molecule is C=C(Br)[Si](Cl)(C(C)C)C(C)C. The second kappa shape index (κ2) is 4.10. The van der Waals surface area contributed by atoms with Crippen LogP contribution in [0.3, 0.4) is 0 Å². The van der Waals surface area contributed by atoms with Gasteiger partial charge in [0.25, 0.3) is 0 Å². The Labute approximate surface area is 83.9 Å². The van der Waals surface area contributed by atoms with Gasteiger partial charge in [0.1, 0.15) is 0 Å². The number of rotatable bonds is 3. The van der Waals surface area contributed by atoms with Crippen molar-refractivity contribution in [3.05, 3.63) is 10.7 Å². The second-order valence-corrected chi connectivity index (χ2v) is 11.5. The van der Waals surface area contributed by atoms with Crippen molar-refractivity contribution in [3.8, 4) is 0 Å². The number of hydrogen-bond acceptors (Lipinski definition) is 0. The van der Waals surface area contributed by atoms with Gasteiger partial charge in [-0.1, -0.05) is 50.2 Å². The summed E-state index contributed by atoms with van der Waals surface area (Å²) in [5.41, 5.74) is 1.08. The molecule has 0 amide bonds. The Morgan fingerprint density at radius 1 is 1.27 bits per heavy atom. The second-order valence-electron chi connectivity index (χ2n) is 3.48. The van der Waals surface area contributed by atoms with Gasteiger partial charge in [-0.3, -0.25) is 0 Å². The van der Waals surface area contributed by atoms with Crippen LogP contribution in [0.15, 0.2) is 10.7 Å². The van der Waals surface area contributed by atoms with Gasteiger partial charge in [-0.05, 0) is 15.2 Å². The van der Waals surface area contributed by atoms with E-state index in [0.29, 0.717) is 11.1 Å². The van der Waals surface area contributed by atoms with Crippen molar-refractivity contribution in [1.29, 1.82) is 0 Å². The third-order valence-electron chi connectivity index (χ3n) is 2.10. The first-order chi connectivity index (χ1) is 4.83. The Kier molecular flexibility index (Phi) is 4.37. The van der Waals surface area contributed by atoms with Crippen LogP contribution >= 0.6 is 27.0 Å². The van der Waals surface area contributed by atoms with E-state index in [0.717, 1.165) is 4.11 Å². The molecule has 0 spiro atoms. The maximum Gasteiger partial charge on any atom is 0.198 e. The summed E-state index contributed by atoms with van der Waals surface area (Å²) >= 11 is 9.97. The van der Waals surface area contributed by atoms with Crippen molar-refractivity contribution in [3.63, 3.8) is 0 Å². The normalized spacial score (nSPS) is 12.7. The first-order valence-electron chi connectivity index (χ1n) is 3.87. The number of hydrogen-bond donors (Lipinski definition) is 0. The maximum absolute atomic E-state index is 6.54. The Balaban J connectivity index is 4.67. The summed E-state index contributed by atoms with van der Waals surface area (Å²) in [4.78, 5) is 0. The molecule has 0 aliphatic heterocycles. The zero-order chi connectivity index (χ0) is 9.23.